The molecule has 4 rings (SSSR count). The van der Waals surface area contributed by atoms with Gasteiger partial charge in [0, 0.05) is 11.1 Å². The minimum atomic E-state index is 0.0206. The van der Waals surface area contributed by atoms with Crippen LogP contribution >= 0.6 is 0 Å². The Bertz CT molecular complexity index is 839. The van der Waals surface area contributed by atoms with Crippen molar-refractivity contribution >= 4 is 5.78 Å². The molecule has 2 fully saturated rings. The van der Waals surface area contributed by atoms with E-state index in [1.54, 1.807) is 21.1 Å². The molecule has 0 spiro atoms. The van der Waals surface area contributed by atoms with Gasteiger partial charge < -0.3 is 9.47 Å². The van der Waals surface area contributed by atoms with Crippen LogP contribution in [0.4, 0.5) is 0 Å². The Balaban J connectivity index is 1.92. The number of ether oxygens (including phenoxy) is 2. The van der Waals surface area contributed by atoms with E-state index in [2.05, 4.69) is 27.7 Å². The molecule has 160 valence electrons. The maximum Gasteiger partial charge on any atom is 0.164 e. The fourth-order valence-electron chi connectivity index (χ4n) is 8.12. The van der Waals surface area contributed by atoms with Gasteiger partial charge in [0.25, 0.3) is 0 Å². The molecule has 29 heavy (non-hydrogen) atoms. The zero-order chi connectivity index (χ0) is 21.2. The molecule has 1 aromatic carbocycles. The van der Waals surface area contributed by atoms with E-state index in [1.807, 2.05) is 6.07 Å². The van der Waals surface area contributed by atoms with Crippen molar-refractivity contribution in [3.05, 3.63) is 22.8 Å². The lowest BCUT2D eigenvalue weighted by Gasteiger charge is -2.64. The molecular formula is C26H38O3. The lowest BCUT2D eigenvalue weighted by atomic mass is 9.40. The van der Waals surface area contributed by atoms with Crippen LogP contribution in [0.25, 0.3) is 0 Å². The molecule has 0 radical (unpaired) electrons. The van der Waals surface area contributed by atoms with Gasteiger partial charge >= 0.3 is 0 Å². The molecule has 0 N–H and O–H groups in total. The van der Waals surface area contributed by atoms with Gasteiger partial charge in [0.1, 0.15) is 0 Å². The van der Waals surface area contributed by atoms with E-state index in [0.717, 1.165) is 30.1 Å². The standard InChI is InChI=1S/C26H38O3/c1-16(27)18-15-19(28-6)23(29-7)17-9-10-21-25(4)13-8-12-24(2,3)20(25)11-14-26(21,5)22(17)18/h15,20-21H,8-14H2,1-7H3/t20?,21-,25+,26-/m1/s1. The summed E-state index contributed by atoms with van der Waals surface area (Å²) in [5.41, 5.74) is 4.10. The highest BCUT2D eigenvalue weighted by atomic mass is 16.5. The minimum absolute atomic E-state index is 0.0206. The summed E-state index contributed by atoms with van der Waals surface area (Å²) in [6, 6.07) is 1.94. The van der Waals surface area contributed by atoms with Gasteiger partial charge in [-0.3, -0.25) is 4.79 Å². The fourth-order valence-corrected chi connectivity index (χ4v) is 8.12. The molecule has 0 saturated heterocycles. The van der Waals surface area contributed by atoms with Gasteiger partial charge in [-0.1, -0.05) is 34.1 Å². The van der Waals surface area contributed by atoms with Gasteiger partial charge in [0.15, 0.2) is 17.3 Å². The van der Waals surface area contributed by atoms with Crippen LogP contribution in [0.3, 0.4) is 0 Å². The van der Waals surface area contributed by atoms with Gasteiger partial charge in [-0.05, 0) is 85.2 Å². The van der Waals surface area contributed by atoms with Crippen LogP contribution < -0.4 is 9.47 Å². The third kappa shape index (κ3) is 2.79. The van der Waals surface area contributed by atoms with Gasteiger partial charge in [-0.15, -0.1) is 0 Å². The molecule has 3 aliphatic rings. The van der Waals surface area contributed by atoms with Crippen LogP contribution in [0, 0.1) is 22.7 Å². The number of fused-ring (bicyclic) bond motifs is 5. The molecule has 4 atom stereocenters. The van der Waals surface area contributed by atoms with Crippen LogP contribution in [-0.2, 0) is 11.8 Å². The van der Waals surface area contributed by atoms with Crippen LogP contribution in [0.5, 0.6) is 11.5 Å². The number of carbonyl (C=O) groups excluding carboxylic acids is 1. The van der Waals surface area contributed by atoms with Crippen molar-refractivity contribution in [1.82, 2.24) is 0 Å². The molecule has 0 heterocycles. The van der Waals surface area contributed by atoms with Gasteiger partial charge in [0.05, 0.1) is 14.2 Å². The quantitative estimate of drug-likeness (QED) is 0.556. The summed E-state index contributed by atoms with van der Waals surface area (Å²) in [6.45, 7) is 11.7. The Hall–Kier alpha value is -1.51. The Labute approximate surface area is 176 Å². The molecular weight excluding hydrogens is 360 g/mol. The first-order valence-corrected chi connectivity index (χ1v) is 11.4. The van der Waals surface area contributed by atoms with Crippen molar-refractivity contribution in [1.29, 1.82) is 0 Å². The molecule has 0 amide bonds. The molecule has 1 aromatic rings. The number of Topliss-reactive ketones (excluding diaryl/α,β-unsaturated/α-hetero) is 1. The van der Waals surface area contributed by atoms with E-state index < -0.39 is 0 Å². The third-order valence-corrected chi connectivity index (χ3v) is 9.20. The number of benzene rings is 1. The SMILES string of the molecule is COc1cc(C(C)=O)c2c(c1OC)CC[C@H]1[C@@]2(C)CCC2C(C)(C)CCC[C@@]21C. The zero-order valence-corrected chi connectivity index (χ0v) is 19.4. The summed E-state index contributed by atoms with van der Waals surface area (Å²) < 4.78 is 11.4. The smallest absolute Gasteiger partial charge is 0.164 e. The van der Waals surface area contributed by atoms with E-state index in [-0.39, 0.29) is 11.2 Å². The predicted molar refractivity (Wildman–Crippen MR) is 117 cm³/mol. The van der Waals surface area contributed by atoms with Gasteiger partial charge in [0.2, 0.25) is 0 Å². The number of ketones is 1. The first-order chi connectivity index (χ1) is 13.6. The van der Waals surface area contributed by atoms with Crippen LogP contribution in [0.2, 0.25) is 0 Å². The van der Waals surface area contributed by atoms with E-state index in [9.17, 15) is 4.79 Å². The average Bonchev–Trinajstić information content (AvgIpc) is 2.65. The summed E-state index contributed by atoms with van der Waals surface area (Å²) >= 11 is 0. The van der Waals surface area contributed by atoms with E-state index in [1.165, 1.54) is 43.2 Å². The van der Waals surface area contributed by atoms with Crippen LogP contribution in [0.15, 0.2) is 6.07 Å². The number of rotatable bonds is 3. The Morgan fingerprint density at radius 1 is 1.00 bits per heavy atom. The molecule has 0 aromatic heterocycles. The fraction of sp³-hybridized carbons (Fsp3) is 0.731. The lowest BCUT2D eigenvalue weighted by molar-refractivity contribution is -0.110. The molecule has 3 aliphatic carbocycles. The Kier molecular flexibility index (Phi) is 4.83. The first-order valence-electron chi connectivity index (χ1n) is 11.4. The van der Waals surface area contributed by atoms with E-state index in [4.69, 9.17) is 9.47 Å². The summed E-state index contributed by atoms with van der Waals surface area (Å²) in [6.07, 6.45) is 8.54. The van der Waals surface area contributed by atoms with Crippen LogP contribution in [-0.4, -0.2) is 20.0 Å². The maximum atomic E-state index is 12.8. The molecule has 2 saturated carbocycles. The summed E-state index contributed by atoms with van der Waals surface area (Å²) in [5.74, 6) is 3.04. The molecule has 1 unspecified atom stereocenters. The highest BCUT2D eigenvalue weighted by Gasteiger charge is 2.60. The van der Waals surface area contributed by atoms with E-state index >= 15 is 0 Å². The predicted octanol–water partition coefficient (Wildman–Crippen LogP) is 6.35. The zero-order valence-electron chi connectivity index (χ0n) is 19.4. The number of hydrogen-bond acceptors (Lipinski definition) is 3. The lowest BCUT2D eigenvalue weighted by Crippen LogP contribution is -2.58. The summed E-state index contributed by atoms with van der Waals surface area (Å²) in [5, 5.41) is 0. The van der Waals surface area contributed by atoms with Crippen molar-refractivity contribution in [2.24, 2.45) is 22.7 Å². The van der Waals surface area contributed by atoms with Crippen molar-refractivity contribution < 1.29 is 14.3 Å². The molecule has 3 heteroatoms. The number of carbonyl (C=O) groups is 1. The Morgan fingerprint density at radius 3 is 2.34 bits per heavy atom. The second kappa shape index (κ2) is 6.75. The second-order valence-electron chi connectivity index (χ2n) is 11.0. The van der Waals surface area contributed by atoms with Crippen molar-refractivity contribution in [2.45, 2.75) is 85.0 Å². The van der Waals surface area contributed by atoms with Crippen LogP contribution in [0.1, 0.15) is 94.6 Å². The maximum absolute atomic E-state index is 12.8. The minimum Gasteiger partial charge on any atom is -0.493 e. The van der Waals surface area contributed by atoms with Crippen molar-refractivity contribution in [3.63, 3.8) is 0 Å². The van der Waals surface area contributed by atoms with Gasteiger partial charge in [-0.2, -0.15) is 0 Å². The second-order valence-corrected chi connectivity index (χ2v) is 11.0. The summed E-state index contributed by atoms with van der Waals surface area (Å²) in [4.78, 5) is 12.8. The topological polar surface area (TPSA) is 35.5 Å². The first kappa shape index (κ1) is 20.8. The number of hydrogen-bond donors (Lipinski definition) is 0. The molecule has 3 nitrogen and oxygen atoms in total. The van der Waals surface area contributed by atoms with Crippen molar-refractivity contribution in [2.75, 3.05) is 14.2 Å². The monoisotopic (exact) mass is 398 g/mol. The molecule has 0 bridgehead atoms. The molecule has 0 aliphatic heterocycles. The largest absolute Gasteiger partial charge is 0.493 e. The highest BCUT2D eigenvalue weighted by molar-refractivity contribution is 5.97. The van der Waals surface area contributed by atoms with Gasteiger partial charge in [-0.25, -0.2) is 0 Å². The third-order valence-electron chi connectivity index (χ3n) is 9.20. The highest BCUT2D eigenvalue weighted by Crippen LogP contribution is 2.67. The number of methoxy groups -OCH3 is 2. The summed E-state index contributed by atoms with van der Waals surface area (Å²) in [7, 11) is 3.39. The van der Waals surface area contributed by atoms with E-state index in [0.29, 0.717) is 22.5 Å². The average molecular weight is 399 g/mol. The normalized spacial score (nSPS) is 35.1. The Morgan fingerprint density at radius 2 is 1.72 bits per heavy atom. The van der Waals surface area contributed by atoms with Crippen molar-refractivity contribution in [3.8, 4) is 11.5 Å².